The Kier molecular flexibility index (Phi) is 4.68. The molecule has 0 spiro atoms. The van der Waals surface area contributed by atoms with Crippen molar-refractivity contribution in [2.24, 2.45) is 0 Å². The van der Waals surface area contributed by atoms with Crippen molar-refractivity contribution in [2.75, 3.05) is 6.61 Å². The topological polar surface area (TPSA) is 57.0 Å². The summed E-state index contributed by atoms with van der Waals surface area (Å²) in [6.07, 6.45) is 5.63. The number of hydrogen-bond acceptors (Lipinski definition) is 4. The molecule has 0 aliphatic heterocycles. The van der Waals surface area contributed by atoms with Crippen LogP contribution in [0.15, 0.2) is 12.4 Å². The highest BCUT2D eigenvalue weighted by Gasteiger charge is 2.02. The number of ether oxygens (including phenoxy) is 1. The summed E-state index contributed by atoms with van der Waals surface area (Å²) < 4.78 is 6.59. The zero-order chi connectivity index (χ0) is 10.2. The van der Waals surface area contributed by atoms with E-state index in [0.29, 0.717) is 19.6 Å². The molecule has 0 aliphatic rings. The first-order chi connectivity index (χ1) is 6.83. The predicted octanol–water partition coefficient (Wildman–Crippen LogP) is 1.01. The maximum absolute atomic E-state index is 11.1. The van der Waals surface area contributed by atoms with Gasteiger partial charge >= 0.3 is 5.97 Å². The van der Waals surface area contributed by atoms with Gasteiger partial charge in [-0.2, -0.15) is 0 Å². The van der Waals surface area contributed by atoms with Gasteiger partial charge in [0.2, 0.25) is 0 Å². The Hall–Kier alpha value is -1.39. The molecule has 0 fully saturated rings. The van der Waals surface area contributed by atoms with Crippen LogP contribution in [0.25, 0.3) is 0 Å². The number of esters is 1. The molecule has 78 valence electrons. The lowest BCUT2D eigenvalue weighted by Crippen LogP contribution is -2.10. The van der Waals surface area contributed by atoms with Gasteiger partial charge in [0, 0.05) is 6.20 Å². The molecular formula is C9H15N3O2. The van der Waals surface area contributed by atoms with Crippen molar-refractivity contribution >= 4 is 5.97 Å². The number of hydrogen-bond donors (Lipinski definition) is 0. The lowest BCUT2D eigenvalue weighted by molar-refractivity contribution is -0.144. The van der Waals surface area contributed by atoms with Gasteiger partial charge in [-0.3, -0.25) is 9.48 Å². The minimum absolute atomic E-state index is 0.172. The minimum Gasteiger partial charge on any atom is -0.466 e. The fraction of sp³-hybridized carbons (Fsp3) is 0.667. The van der Waals surface area contributed by atoms with E-state index in [2.05, 4.69) is 17.2 Å². The first-order valence-electron chi connectivity index (χ1n) is 4.82. The first kappa shape index (κ1) is 10.7. The molecule has 0 unspecified atom stereocenters. The zero-order valence-electron chi connectivity index (χ0n) is 8.35. The average Bonchev–Trinajstić information content (AvgIpc) is 2.68. The van der Waals surface area contributed by atoms with Gasteiger partial charge in [-0.25, -0.2) is 0 Å². The highest BCUT2D eigenvalue weighted by molar-refractivity contribution is 5.69. The van der Waals surface area contributed by atoms with Crippen molar-refractivity contribution < 1.29 is 9.53 Å². The van der Waals surface area contributed by atoms with Gasteiger partial charge in [-0.05, 0) is 6.42 Å². The van der Waals surface area contributed by atoms with Crippen LogP contribution in [0.3, 0.4) is 0 Å². The highest BCUT2D eigenvalue weighted by atomic mass is 16.5. The molecule has 0 saturated heterocycles. The molecule has 5 heteroatoms. The molecule has 1 heterocycles. The van der Waals surface area contributed by atoms with Crippen LogP contribution in [-0.2, 0) is 16.1 Å². The summed E-state index contributed by atoms with van der Waals surface area (Å²) in [4.78, 5) is 11.1. The largest absolute Gasteiger partial charge is 0.466 e. The van der Waals surface area contributed by atoms with Crippen LogP contribution in [0, 0.1) is 0 Å². The second-order valence-electron chi connectivity index (χ2n) is 2.99. The molecule has 0 atom stereocenters. The van der Waals surface area contributed by atoms with E-state index in [-0.39, 0.29) is 5.97 Å². The molecule has 0 saturated carbocycles. The number of rotatable bonds is 6. The summed E-state index contributed by atoms with van der Waals surface area (Å²) in [7, 11) is 0. The summed E-state index contributed by atoms with van der Waals surface area (Å²) in [5.74, 6) is -0.172. The smallest absolute Gasteiger partial charge is 0.307 e. The van der Waals surface area contributed by atoms with E-state index in [0.717, 1.165) is 12.8 Å². The molecule has 1 rings (SSSR count). The van der Waals surface area contributed by atoms with Crippen molar-refractivity contribution in [3.63, 3.8) is 0 Å². The number of carbonyl (C=O) groups excluding carboxylic acids is 1. The lowest BCUT2D eigenvalue weighted by Gasteiger charge is -2.03. The maximum Gasteiger partial charge on any atom is 0.307 e. The normalized spacial score (nSPS) is 10.1. The van der Waals surface area contributed by atoms with E-state index in [1.807, 2.05) is 0 Å². The average molecular weight is 197 g/mol. The molecule has 0 aliphatic carbocycles. The Labute approximate surface area is 83.1 Å². The summed E-state index contributed by atoms with van der Waals surface area (Å²) in [6.45, 7) is 3.11. The number of nitrogens with zero attached hydrogens (tertiary/aromatic N) is 3. The Morgan fingerprint density at radius 3 is 3.07 bits per heavy atom. The van der Waals surface area contributed by atoms with E-state index in [4.69, 9.17) is 4.74 Å². The summed E-state index contributed by atoms with van der Waals surface area (Å²) in [6, 6.07) is 0. The number of aryl methyl sites for hydroxylation is 1. The number of aromatic nitrogens is 3. The molecule has 0 amide bonds. The van der Waals surface area contributed by atoms with Crippen molar-refractivity contribution in [1.29, 1.82) is 0 Å². The van der Waals surface area contributed by atoms with Gasteiger partial charge in [0.1, 0.15) is 0 Å². The third kappa shape index (κ3) is 4.02. The van der Waals surface area contributed by atoms with E-state index < -0.39 is 0 Å². The fourth-order valence-electron chi connectivity index (χ4n) is 0.960. The second-order valence-corrected chi connectivity index (χ2v) is 2.99. The van der Waals surface area contributed by atoms with Crippen molar-refractivity contribution in [1.82, 2.24) is 15.0 Å². The fourth-order valence-corrected chi connectivity index (χ4v) is 0.960. The van der Waals surface area contributed by atoms with E-state index in [9.17, 15) is 4.79 Å². The second kappa shape index (κ2) is 6.12. The van der Waals surface area contributed by atoms with Crippen LogP contribution in [0.2, 0.25) is 0 Å². The number of unbranched alkanes of at least 4 members (excludes halogenated alkanes) is 1. The van der Waals surface area contributed by atoms with Crippen LogP contribution in [0.4, 0.5) is 0 Å². The van der Waals surface area contributed by atoms with E-state index >= 15 is 0 Å². The summed E-state index contributed by atoms with van der Waals surface area (Å²) in [5.41, 5.74) is 0. The van der Waals surface area contributed by atoms with Crippen LogP contribution >= 0.6 is 0 Å². The molecule has 1 aromatic rings. The molecule has 14 heavy (non-hydrogen) atoms. The monoisotopic (exact) mass is 197 g/mol. The van der Waals surface area contributed by atoms with Crippen molar-refractivity contribution in [3.8, 4) is 0 Å². The Balaban J connectivity index is 2.09. The van der Waals surface area contributed by atoms with Crippen LogP contribution < -0.4 is 0 Å². The highest BCUT2D eigenvalue weighted by Crippen LogP contribution is 1.94. The quantitative estimate of drug-likeness (QED) is 0.504. The summed E-state index contributed by atoms with van der Waals surface area (Å²) in [5, 5.41) is 7.38. The maximum atomic E-state index is 11.1. The molecular weight excluding hydrogens is 182 g/mol. The van der Waals surface area contributed by atoms with Crippen LogP contribution in [0.1, 0.15) is 26.2 Å². The Bertz CT molecular complexity index is 259. The van der Waals surface area contributed by atoms with Gasteiger partial charge in [0.15, 0.2) is 0 Å². The predicted molar refractivity (Wildman–Crippen MR) is 50.5 cm³/mol. The van der Waals surface area contributed by atoms with Crippen LogP contribution in [-0.4, -0.2) is 27.6 Å². The van der Waals surface area contributed by atoms with E-state index in [1.54, 1.807) is 17.1 Å². The first-order valence-corrected chi connectivity index (χ1v) is 4.82. The van der Waals surface area contributed by atoms with Crippen molar-refractivity contribution in [2.45, 2.75) is 32.7 Å². The molecule has 0 N–H and O–H groups in total. The van der Waals surface area contributed by atoms with Gasteiger partial charge in [0.05, 0.1) is 25.8 Å². The molecule has 0 aromatic carbocycles. The summed E-state index contributed by atoms with van der Waals surface area (Å²) >= 11 is 0. The van der Waals surface area contributed by atoms with Gasteiger partial charge < -0.3 is 4.74 Å². The van der Waals surface area contributed by atoms with Gasteiger partial charge in [-0.1, -0.05) is 18.6 Å². The Morgan fingerprint density at radius 1 is 1.57 bits per heavy atom. The molecule has 5 nitrogen and oxygen atoms in total. The van der Waals surface area contributed by atoms with Gasteiger partial charge in [-0.15, -0.1) is 5.10 Å². The Morgan fingerprint density at radius 2 is 2.43 bits per heavy atom. The van der Waals surface area contributed by atoms with Crippen molar-refractivity contribution in [3.05, 3.63) is 12.4 Å². The van der Waals surface area contributed by atoms with E-state index in [1.165, 1.54) is 0 Å². The lowest BCUT2D eigenvalue weighted by atomic mass is 10.3. The molecule has 1 aromatic heterocycles. The SMILES string of the molecule is CCCCOC(=O)CCn1ccnn1. The number of carbonyl (C=O) groups is 1. The molecule has 0 radical (unpaired) electrons. The third-order valence-electron chi connectivity index (χ3n) is 1.78. The van der Waals surface area contributed by atoms with Gasteiger partial charge in [0.25, 0.3) is 0 Å². The third-order valence-corrected chi connectivity index (χ3v) is 1.78. The molecule has 0 bridgehead atoms. The van der Waals surface area contributed by atoms with Crippen LogP contribution in [0.5, 0.6) is 0 Å². The minimum atomic E-state index is -0.172. The zero-order valence-corrected chi connectivity index (χ0v) is 8.35. The standard InChI is InChI=1S/C9H15N3O2/c1-2-3-8-14-9(13)4-6-12-7-5-10-11-12/h5,7H,2-4,6,8H2,1H3.